The highest BCUT2D eigenvalue weighted by atomic mass is 35.5. The van der Waals surface area contributed by atoms with Crippen LogP contribution in [0.2, 0.25) is 20.1 Å². The Balaban J connectivity index is 2.50. The number of sulfonamides is 1. The molecule has 0 amide bonds. The van der Waals surface area contributed by atoms with Crippen LogP contribution >= 0.6 is 58.0 Å². The van der Waals surface area contributed by atoms with Gasteiger partial charge >= 0.3 is 0 Å². The third-order valence-electron chi connectivity index (χ3n) is 2.87. The van der Waals surface area contributed by atoms with Crippen molar-refractivity contribution in [2.45, 2.75) is 6.92 Å². The monoisotopic (exact) mass is 447 g/mol. The molecule has 1 N–H and O–H groups in total. The van der Waals surface area contributed by atoms with Gasteiger partial charge in [0.2, 0.25) is 10.0 Å². The number of ether oxygens (including phenoxy) is 1. The number of rotatable bonds is 5. The Morgan fingerprint density at radius 3 is 2.00 bits per heavy atom. The van der Waals surface area contributed by atoms with Gasteiger partial charge < -0.3 is 4.74 Å². The number of aryl methyl sites for hydroxylation is 1. The Kier molecular flexibility index (Phi) is 6.40. The maximum atomic E-state index is 11.7. The van der Waals surface area contributed by atoms with Gasteiger partial charge in [0.15, 0.2) is 5.75 Å². The molecule has 0 aliphatic rings. The minimum Gasteiger partial charge on any atom is -0.455 e. The maximum Gasteiger partial charge on any atom is 0.246 e. The molecule has 0 saturated carbocycles. The molecule has 2 aromatic rings. The summed E-state index contributed by atoms with van der Waals surface area (Å²) in [6, 6.07) is 5.86. The van der Waals surface area contributed by atoms with Gasteiger partial charge in [0, 0.05) is 12.1 Å². The van der Waals surface area contributed by atoms with Gasteiger partial charge in [-0.25, -0.2) is 8.42 Å². The summed E-state index contributed by atoms with van der Waals surface area (Å²) in [6.45, 7) is 1.76. The van der Waals surface area contributed by atoms with Crippen molar-refractivity contribution in [3.8, 4) is 11.5 Å². The van der Waals surface area contributed by atoms with Crippen LogP contribution in [0.1, 0.15) is 5.56 Å². The molecule has 0 aromatic heterocycles. The molecular formula is C14H10Cl5NO3S. The summed E-state index contributed by atoms with van der Waals surface area (Å²) >= 11 is 29.3. The lowest BCUT2D eigenvalue weighted by atomic mass is 10.2. The first-order chi connectivity index (χ1) is 11.1. The van der Waals surface area contributed by atoms with Crippen LogP contribution in [0.15, 0.2) is 24.3 Å². The van der Waals surface area contributed by atoms with Gasteiger partial charge in [-0.05, 0) is 24.6 Å². The Morgan fingerprint density at radius 1 is 0.917 bits per heavy atom. The smallest absolute Gasteiger partial charge is 0.246 e. The molecule has 2 rings (SSSR count). The van der Waals surface area contributed by atoms with Gasteiger partial charge in [-0.3, -0.25) is 4.72 Å². The average molecular weight is 450 g/mol. The molecule has 10 heteroatoms. The average Bonchev–Trinajstić information content (AvgIpc) is 2.49. The van der Waals surface area contributed by atoms with Crippen molar-refractivity contribution >= 4 is 73.7 Å². The molecule has 24 heavy (non-hydrogen) atoms. The number of hydrogen-bond donors (Lipinski definition) is 1. The lowest BCUT2D eigenvalue weighted by molar-refractivity contribution is 0.481. The van der Waals surface area contributed by atoms with E-state index >= 15 is 0 Å². The maximum absolute atomic E-state index is 11.7. The third kappa shape index (κ3) is 4.75. The SMILES string of the molecule is Cc1cc(Cl)c(Cl)cc1Oc1cc(Cl)c(Cl)cc1NS(=O)(=O)CCl. The van der Waals surface area contributed by atoms with Gasteiger partial charge in [0.25, 0.3) is 0 Å². The molecule has 0 atom stereocenters. The zero-order chi connectivity index (χ0) is 18.1. The Morgan fingerprint density at radius 2 is 1.42 bits per heavy atom. The zero-order valence-corrected chi connectivity index (χ0v) is 16.6. The number of anilines is 1. The van der Waals surface area contributed by atoms with Gasteiger partial charge in [0.05, 0.1) is 25.8 Å². The summed E-state index contributed by atoms with van der Waals surface area (Å²) in [6.07, 6.45) is 0. The predicted octanol–water partition coefficient (Wildman–Crippen LogP) is 6.34. The number of benzene rings is 2. The van der Waals surface area contributed by atoms with E-state index in [-0.39, 0.29) is 21.5 Å². The molecule has 0 fully saturated rings. The molecule has 0 radical (unpaired) electrons. The van der Waals surface area contributed by atoms with E-state index in [9.17, 15) is 8.42 Å². The highest BCUT2D eigenvalue weighted by Gasteiger charge is 2.17. The standard InChI is InChI=1S/C14H10Cl5NO3S/c1-7-2-8(16)10(18)4-13(7)23-14-5-11(19)9(17)3-12(14)20-24(21,22)6-15/h2-5,20H,6H2,1H3. The molecule has 130 valence electrons. The number of halogens is 5. The fraction of sp³-hybridized carbons (Fsp3) is 0.143. The van der Waals surface area contributed by atoms with E-state index in [2.05, 4.69) is 4.72 Å². The molecular weight excluding hydrogens is 439 g/mol. The largest absolute Gasteiger partial charge is 0.455 e. The van der Waals surface area contributed by atoms with Crippen LogP contribution in [0.4, 0.5) is 5.69 Å². The second-order valence-electron chi connectivity index (χ2n) is 4.72. The van der Waals surface area contributed by atoms with E-state index in [1.165, 1.54) is 18.2 Å². The van der Waals surface area contributed by atoms with E-state index in [0.717, 1.165) is 0 Å². The summed E-state index contributed by atoms with van der Waals surface area (Å²) in [4.78, 5) is 0. The summed E-state index contributed by atoms with van der Waals surface area (Å²) < 4.78 is 31.5. The summed E-state index contributed by atoms with van der Waals surface area (Å²) in [7, 11) is -3.76. The van der Waals surface area contributed by atoms with Crippen molar-refractivity contribution < 1.29 is 13.2 Å². The van der Waals surface area contributed by atoms with Crippen LogP contribution in [0.25, 0.3) is 0 Å². The summed E-state index contributed by atoms with van der Waals surface area (Å²) in [5.74, 6) is 0.522. The molecule has 0 aliphatic heterocycles. The van der Waals surface area contributed by atoms with Crippen molar-refractivity contribution in [3.05, 3.63) is 49.9 Å². The second-order valence-corrected chi connectivity index (χ2v) is 8.66. The summed E-state index contributed by atoms with van der Waals surface area (Å²) in [5, 5.41) is 0.387. The number of nitrogens with one attached hydrogen (secondary N) is 1. The minimum absolute atomic E-state index is 0.0931. The van der Waals surface area contributed by atoms with Crippen molar-refractivity contribution in [1.82, 2.24) is 0 Å². The number of hydrogen-bond acceptors (Lipinski definition) is 3. The van der Waals surface area contributed by atoms with Crippen LogP contribution in [-0.4, -0.2) is 13.6 Å². The number of alkyl halides is 1. The quantitative estimate of drug-likeness (QED) is 0.542. The Bertz CT molecular complexity index is 886. The molecule has 2 aromatic carbocycles. The van der Waals surface area contributed by atoms with Gasteiger partial charge in [0.1, 0.15) is 11.0 Å². The first-order valence-corrected chi connectivity index (χ1v) is 10.0. The van der Waals surface area contributed by atoms with E-state index < -0.39 is 15.2 Å². The molecule has 0 aliphatic carbocycles. The molecule has 0 unspecified atom stereocenters. The van der Waals surface area contributed by atoms with Crippen LogP contribution < -0.4 is 9.46 Å². The van der Waals surface area contributed by atoms with Crippen LogP contribution in [0.5, 0.6) is 11.5 Å². The van der Waals surface area contributed by atoms with Crippen molar-refractivity contribution in [2.24, 2.45) is 0 Å². The lowest BCUT2D eigenvalue weighted by Gasteiger charge is -2.15. The first-order valence-electron chi connectivity index (χ1n) is 6.32. The highest BCUT2D eigenvalue weighted by molar-refractivity contribution is 7.93. The topological polar surface area (TPSA) is 55.4 Å². The normalized spacial score (nSPS) is 11.4. The van der Waals surface area contributed by atoms with Gasteiger partial charge in [-0.2, -0.15) is 0 Å². The van der Waals surface area contributed by atoms with Gasteiger partial charge in [-0.1, -0.05) is 46.4 Å². The molecule has 4 nitrogen and oxygen atoms in total. The molecule has 0 saturated heterocycles. The zero-order valence-electron chi connectivity index (χ0n) is 12.0. The summed E-state index contributed by atoms with van der Waals surface area (Å²) in [5.41, 5.74) is 0.789. The molecule has 0 spiro atoms. The van der Waals surface area contributed by atoms with E-state index in [1.54, 1.807) is 13.0 Å². The Hall–Kier alpha value is -0.560. The van der Waals surface area contributed by atoms with E-state index in [4.69, 9.17) is 62.7 Å². The van der Waals surface area contributed by atoms with Crippen LogP contribution in [0, 0.1) is 6.92 Å². The third-order valence-corrected chi connectivity index (χ3v) is 5.99. The minimum atomic E-state index is -3.76. The molecule has 0 heterocycles. The van der Waals surface area contributed by atoms with Crippen LogP contribution in [0.3, 0.4) is 0 Å². The fourth-order valence-electron chi connectivity index (χ4n) is 1.74. The van der Waals surface area contributed by atoms with Gasteiger partial charge in [-0.15, -0.1) is 11.6 Å². The van der Waals surface area contributed by atoms with E-state index in [1.807, 2.05) is 0 Å². The van der Waals surface area contributed by atoms with E-state index in [0.29, 0.717) is 21.4 Å². The highest BCUT2D eigenvalue weighted by Crippen LogP contribution is 2.39. The Labute approximate surface area is 164 Å². The first kappa shape index (κ1) is 19.8. The lowest BCUT2D eigenvalue weighted by Crippen LogP contribution is -2.14. The fourth-order valence-corrected chi connectivity index (χ4v) is 3.15. The second kappa shape index (κ2) is 7.77. The van der Waals surface area contributed by atoms with Crippen molar-refractivity contribution in [3.63, 3.8) is 0 Å². The van der Waals surface area contributed by atoms with Crippen molar-refractivity contribution in [2.75, 3.05) is 9.93 Å². The van der Waals surface area contributed by atoms with Crippen LogP contribution in [-0.2, 0) is 10.0 Å². The predicted molar refractivity (Wildman–Crippen MR) is 101 cm³/mol. The molecule has 0 bridgehead atoms. The van der Waals surface area contributed by atoms with Crippen molar-refractivity contribution in [1.29, 1.82) is 0 Å².